The van der Waals surface area contributed by atoms with Crippen molar-refractivity contribution in [3.8, 4) is 5.75 Å². The SMILES string of the molecule is Cc1cccc(OCCC(=O)N2CCC[C@H](CCC(=O)O)C2)c1. The number of ether oxygens (including phenoxy) is 1. The maximum absolute atomic E-state index is 12.3. The highest BCUT2D eigenvalue weighted by Gasteiger charge is 2.23. The minimum absolute atomic E-state index is 0.0951. The van der Waals surface area contributed by atoms with Gasteiger partial charge in [-0.15, -0.1) is 0 Å². The van der Waals surface area contributed by atoms with E-state index in [0.717, 1.165) is 30.7 Å². The van der Waals surface area contributed by atoms with Crippen LogP contribution in [0.25, 0.3) is 0 Å². The molecule has 126 valence electrons. The molecular weight excluding hydrogens is 294 g/mol. The number of carboxylic acid groups (broad SMARTS) is 1. The third-order valence-corrected chi connectivity index (χ3v) is 4.21. The summed E-state index contributed by atoms with van der Waals surface area (Å²) in [6.07, 6.45) is 3.16. The van der Waals surface area contributed by atoms with Crippen molar-refractivity contribution in [2.75, 3.05) is 19.7 Å². The number of amides is 1. The lowest BCUT2D eigenvalue weighted by Crippen LogP contribution is -2.40. The molecule has 1 saturated heterocycles. The van der Waals surface area contributed by atoms with E-state index in [1.165, 1.54) is 0 Å². The van der Waals surface area contributed by atoms with Gasteiger partial charge < -0.3 is 14.7 Å². The summed E-state index contributed by atoms with van der Waals surface area (Å²) in [6, 6.07) is 7.78. The minimum Gasteiger partial charge on any atom is -0.493 e. The van der Waals surface area contributed by atoms with Crippen LogP contribution in [0.2, 0.25) is 0 Å². The normalized spacial score (nSPS) is 17.8. The largest absolute Gasteiger partial charge is 0.493 e. The van der Waals surface area contributed by atoms with E-state index in [2.05, 4.69) is 0 Å². The van der Waals surface area contributed by atoms with Crippen molar-refractivity contribution < 1.29 is 19.4 Å². The molecule has 0 aliphatic carbocycles. The smallest absolute Gasteiger partial charge is 0.303 e. The zero-order valence-electron chi connectivity index (χ0n) is 13.7. The lowest BCUT2D eigenvalue weighted by molar-refractivity contribution is -0.137. The molecule has 2 rings (SSSR count). The standard InChI is InChI=1S/C18H25NO4/c1-14-4-2-6-16(12-14)23-11-9-17(20)19-10-3-5-15(13-19)7-8-18(21)22/h2,4,6,12,15H,3,5,7-11,13H2,1H3,(H,21,22)/t15-/m1/s1. The first-order chi connectivity index (χ1) is 11.0. The molecule has 1 aliphatic heterocycles. The van der Waals surface area contributed by atoms with E-state index < -0.39 is 5.97 Å². The molecule has 1 atom stereocenters. The summed E-state index contributed by atoms with van der Waals surface area (Å²) in [5.41, 5.74) is 1.13. The summed E-state index contributed by atoms with van der Waals surface area (Å²) in [4.78, 5) is 24.8. The van der Waals surface area contributed by atoms with Crippen LogP contribution in [0, 0.1) is 12.8 Å². The highest BCUT2D eigenvalue weighted by atomic mass is 16.5. The lowest BCUT2D eigenvalue weighted by Gasteiger charge is -2.32. The van der Waals surface area contributed by atoms with Crippen LogP contribution < -0.4 is 4.74 Å². The summed E-state index contributed by atoms with van der Waals surface area (Å²) >= 11 is 0. The van der Waals surface area contributed by atoms with Crippen LogP contribution in [0.3, 0.4) is 0 Å². The summed E-state index contributed by atoms with van der Waals surface area (Å²) in [5.74, 6) is 0.426. The van der Waals surface area contributed by atoms with Crippen LogP contribution in [0.4, 0.5) is 0 Å². The van der Waals surface area contributed by atoms with Crippen molar-refractivity contribution in [1.82, 2.24) is 4.90 Å². The molecule has 0 bridgehead atoms. The molecule has 0 spiro atoms. The number of rotatable bonds is 7. The number of hydrogen-bond donors (Lipinski definition) is 1. The number of carbonyl (C=O) groups excluding carboxylic acids is 1. The molecule has 5 nitrogen and oxygen atoms in total. The zero-order chi connectivity index (χ0) is 16.7. The summed E-state index contributed by atoms with van der Waals surface area (Å²) in [5, 5.41) is 8.77. The average Bonchev–Trinajstić information content (AvgIpc) is 2.53. The van der Waals surface area contributed by atoms with E-state index in [1.807, 2.05) is 36.1 Å². The van der Waals surface area contributed by atoms with Gasteiger partial charge in [0, 0.05) is 19.5 Å². The van der Waals surface area contributed by atoms with Gasteiger partial charge in [0.2, 0.25) is 5.91 Å². The molecule has 1 aromatic carbocycles. The number of piperidine rings is 1. The Morgan fingerprint density at radius 3 is 2.91 bits per heavy atom. The van der Waals surface area contributed by atoms with Crippen LogP contribution in [0.5, 0.6) is 5.75 Å². The van der Waals surface area contributed by atoms with E-state index in [-0.39, 0.29) is 12.3 Å². The molecule has 0 radical (unpaired) electrons. The molecular formula is C18H25NO4. The van der Waals surface area contributed by atoms with Crippen LogP contribution in [-0.2, 0) is 9.59 Å². The monoisotopic (exact) mass is 319 g/mol. The maximum atomic E-state index is 12.3. The van der Waals surface area contributed by atoms with Crippen LogP contribution in [-0.4, -0.2) is 41.6 Å². The second kappa shape index (κ2) is 8.56. The Kier molecular flexibility index (Phi) is 6.44. The van der Waals surface area contributed by atoms with Crippen LogP contribution >= 0.6 is 0 Å². The first kappa shape index (κ1) is 17.3. The van der Waals surface area contributed by atoms with Crippen LogP contribution in [0.15, 0.2) is 24.3 Å². The molecule has 23 heavy (non-hydrogen) atoms. The predicted molar refractivity (Wildman–Crippen MR) is 87.5 cm³/mol. The van der Waals surface area contributed by atoms with Gasteiger partial charge in [0.15, 0.2) is 0 Å². The number of likely N-dealkylation sites (tertiary alicyclic amines) is 1. The third kappa shape index (κ3) is 5.93. The van der Waals surface area contributed by atoms with Gasteiger partial charge in [-0.05, 0) is 49.8 Å². The van der Waals surface area contributed by atoms with E-state index in [1.54, 1.807) is 0 Å². The maximum Gasteiger partial charge on any atom is 0.303 e. The summed E-state index contributed by atoms with van der Waals surface area (Å²) < 4.78 is 5.63. The summed E-state index contributed by atoms with van der Waals surface area (Å²) in [7, 11) is 0. The number of nitrogens with zero attached hydrogens (tertiary/aromatic N) is 1. The van der Waals surface area contributed by atoms with Crippen molar-refractivity contribution in [3.05, 3.63) is 29.8 Å². The van der Waals surface area contributed by atoms with Crippen molar-refractivity contribution in [2.24, 2.45) is 5.92 Å². The minimum atomic E-state index is -0.764. The van der Waals surface area contributed by atoms with E-state index in [4.69, 9.17) is 9.84 Å². The van der Waals surface area contributed by atoms with Crippen molar-refractivity contribution >= 4 is 11.9 Å². The molecule has 5 heteroatoms. The number of hydrogen-bond acceptors (Lipinski definition) is 3. The van der Waals surface area contributed by atoms with E-state index >= 15 is 0 Å². The number of benzene rings is 1. The average molecular weight is 319 g/mol. The highest BCUT2D eigenvalue weighted by Crippen LogP contribution is 2.21. The Hall–Kier alpha value is -2.04. The van der Waals surface area contributed by atoms with Gasteiger partial charge in [0.25, 0.3) is 0 Å². The molecule has 1 aromatic rings. The number of aliphatic carboxylic acids is 1. The predicted octanol–water partition coefficient (Wildman–Crippen LogP) is 2.87. The lowest BCUT2D eigenvalue weighted by atomic mass is 9.93. The molecule has 0 aromatic heterocycles. The molecule has 1 heterocycles. The van der Waals surface area contributed by atoms with Gasteiger partial charge in [0.1, 0.15) is 5.75 Å². The Bertz CT molecular complexity index is 544. The van der Waals surface area contributed by atoms with Gasteiger partial charge in [-0.2, -0.15) is 0 Å². The Balaban J connectivity index is 1.73. The van der Waals surface area contributed by atoms with Crippen molar-refractivity contribution in [2.45, 2.75) is 39.0 Å². The molecule has 0 unspecified atom stereocenters. The Morgan fingerprint density at radius 2 is 2.17 bits per heavy atom. The van der Waals surface area contributed by atoms with Crippen molar-refractivity contribution in [1.29, 1.82) is 0 Å². The first-order valence-corrected chi connectivity index (χ1v) is 8.23. The fourth-order valence-electron chi connectivity index (χ4n) is 2.97. The second-order valence-electron chi connectivity index (χ2n) is 6.20. The fourth-order valence-corrected chi connectivity index (χ4v) is 2.97. The van der Waals surface area contributed by atoms with Crippen molar-refractivity contribution in [3.63, 3.8) is 0 Å². The molecule has 1 aliphatic rings. The fraction of sp³-hybridized carbons (Fsp3) is 0.556. The number of aryl methyl sites for hydroxylation is 1. The first-order valence-electron chi connectivity index (χ1n) is 8.23. The Morgan fingerprint density at radius 1 is 1.35 bits per heavy atom. The summed E-state index contributed by atoms with van der Waals surface area (Å²) in [6.45, 7) is 3.82. The molecule has 1 N–H and O–H groups in total. The van der Waals surface area contributed by atoms with E-state index in [0.29, 0.717) is 31.9 Å². The number of carboxylic acids is 1. The quantitative estimate of drug-likeness (QED) is 0.839. The third-order valence-electron chi connectivity index (χ3n) is 4.21. The van der Waals surface area contributed by atoms with Gasteiger partial charge >= 0.3 is 5.97 Å². The molecule has 1 amide bonds. The van der Waals surface area contributed by atoms with Crippen LogP contribution in [0.1, 0.15) is 37.7 Å². The highest BCUT2D eigenvalue weighted by molar-refractivity contribution is 5.76. The topological polar surface area (TPSA) is 66.8 Å². The van der Waals surface area contributed by atoms with Gasteiger partial charge in [-0.3, -0.25) is 9.59 Å². The van der Waals surface area contributed by atoms with Gasteiger partial charge in [0.05, 0.1) is 13.0 Å². The molecule has 0 saturated carbocycles. The van der Waals surface area contributed by atoms with Gasteiger partial charge in [-0.1, -0.05) is 12.1 Å². The van der Waals surface area contributed by atoms with E-state index in [9.17, 15) is 9.59 Å². The zero-order valence-corrected chi connectivity index (χ0v) is 13.7. The second-order valence-corrected chi connectivity index (χ2v) is 6.20. The Labute approximate surface area is 137 Å². The number of carbonyl (C=O) groups is 2. The van der Waals surface area contributed by atoms with Gasteiger partial charge in [-0.25, -0.2) is 0 Å². The molecule has 1 fully saturated rings.